The molecular formula is C13H29F2N. The maximum atomic E-state index is 13.1. The molecule has 100 valence electrons. The second-order valence-electron chi connectivity index (χ2n) is 4.08. The van der Waals surface area contributed by atoms with Crippen LogP contribution in [0, 0.1) is 11.8 Å². The van der Waals surface area contributed by atoms with E-state index >= 15 is 0 Å². The van der Waals surface area contributed by atoms with E-state index in [0.29, 0.717) is 12.5 Å². The smallest absolute Gasteiger partial charge is 0.248 e. The largest absolute Gasteiger partial charge is 0.304 e. The number of likely N-dealkylation sites (tertiary alicyclic amines) is 1. The lowest BCUT2D eigenvalue weighted by Crippen LogP contribution is -2.46. The molecule has 1 saturated heterocycles. The third-order valence-corrected chi connectivity index (χ3v) is 2.84. The molecule has 1 aliphatic rings. The van der Waals surface area contributed by atoms with E-state index in [1.165, 1.54) is 7.05 Å². The number of hydrogen-bond donors (Lipinski definition) is 0. The fourth-order valence-electron chi connectivity index (χ4n) is 1.67. The second kappa shape index (κ2) is 8.91. The van der Waals surface area contributed by atoms with Crippen molar-refractivity contribution in [1.82, 2.24) is 4.90 Å². The van der Waals surface area contributed by atoms with Gasteiger partial charge in [-0.15, -0.1) is 0 Å². The Kier molecular flexibility index (Phi) is 10.1. The van der Waals surface area contributed by atoms with Gasteiger partial charge in [-0.05, 0) is 25.3 Å². The topological polar surface area (TPSA) is 3.24 Å². The van der Waals surface area contributed by atoms with E-state index < -0.39 is 6.05 Å². The first-order chi connectivity index (χ1) is 7.43. The minimum atomic E-state index is -2.58. The van der Waals surface area contributed by atoms with Gasteiger partial charge in [-0.1, -0.05) is 41.5 Å². The van der Waals surface area contributed by atoms with Crippen molar-refractivity contribution in [2.24, 2.45) is 11.8 Å². The second-order valence-corrected chi connectivity index (χ2v) is 4.08. The van der Waals surface area contributed by atoms with Crippen LogP contribution in [0.3, 0.4) is 0 Å². The van der Waals surface area contributed by atoms with Gasteiger partial charge in [0.05, 0.1) is 0 Å². The summed E-state index contributed by atoms with van der Waals surface area (Å²) in [6.07, 6.45) is 0.935. The third-order valence-electron chi connectivity index (χ3n) is 2.84. The van der Waals surface area contributed by atoms with E-state index in [1.807, 2.05) is 41.5 Å². The van der Waals surface area contributed by atoms with Crippen molar-refractivity contribution < 1.29 is 8.78 Å². The summed E-state index contributed by atoms with van der Waals surface area (Å²) in [6, 6.07) is -2.58. The third kappa shape index (κ3) is 5.78. The fraction of sp³-hybridized carbons (Fsp3) is 1.00. The van der Waals surface area contributed by atoms with E-state index in [0.717, 1.165) is 11.3 Å². The van der Waals surface area contributed by atoms with Gasteiger partial charge in [0.1, 0.15) is 0 Å². The summed E-state index contributed by atoms with van der Waals surface area (Å²) >= 11 is 0. The lowest BCUT2D eigenvalue weighted by atomic mass is 9.86. The summed E-state index contributed by atoms with van der Waals surface area (Å²) in [5, 5.41) is 0. The van der Waals surface area contributed by atoms with Crippen LogP contribution in [0.1, 0.15) is 54.4 Å². The number of piperidine rings is 1. The number of alkyl halides is 2. The molecule has 0 aromatic carbocycles. The van der Waals surface area contributed by atoms with E-state index in [2.05, 4.69) is 0 Å². The van der Waals surface area contributed by atoms with E-state index in [1.54, 1.807) is 0 Å². The first-order valence-corrected chi connectivity index (χ1v) is 6.52. The monoisotopic (exact) mass is 237 g/mol. The maximum Gasteiger partial charge on any atom is 0.304 e. The molecule has 1 unspecified atom stereocenters. The Morgan fingerprint density at radius 3 is 1.88 bits per heavy atom. The minimum absolute atomic E-state index is 0.0289. The standard InChI is InChI=1S/C9H17F2N.2C2H6/c1-7(2)8-4-5-12(3)9(10,11)6-8;2*1-2/h7-8H,4-6H2,1-3H3;2*1-2H3. The summed E-state index contributed by atoms with van der Waals surface area (Å²) in [7, 11) is 1.50. The molecule has 0 amide bonds. The highest BCUT2D eigenvalue weighted by Crippen LogP contribution is 2.36. The van der Waals surface area contributed by atoms with E-state index in [-0.39, 0.29) is 12.3 Å². The maximum absolute atomic E-state index is 13.1. The van der Waals surface area contributed by atoms with Crippen molar-refractivity contribution in [3.63, 3.8) is 0 Å². The average Bonchev–Trinajstić information content (AvgIpc) is 2.27. The zero-order chi connectivity index (χ0) is 13.4. The Bertz CT molecular complexity index is 158. The van der Waals surface area contributed by atoms with Crippen LogP contribution in [0.5, 0.6) is 0 Å². The summed E-state index contributed by atoms with van der Waals surface area (Å²) in [6.45, 7) is 12.6. The van der Waals surface area contributed by atoms with Crippen molar-refractivity contribution in [2.75, 3.05) is 13.6 Å². The highest BCUT2D eigenvalue weighted by atomic mass is 19.3. The summed E-state index contributed by atoms with van der Waals surface area (Å²) in [5.41, 5.74) is 0. The number of hydrogen-bond acceptors (Lipinski definition) is 1. The van der Waals surface area contributed by atoms with Crippen LogP contribution in [0.4, 0.5) is 8.78 Å². The highest BCUT2D eigenvalue weighted by molar-refractivity contribution is 4.80. The molecule has 0 N–H and O–H groups in total. The molecule has 1 nitrogen and oxygen atoms in total. The summed E-state index contributed by atoms with van der Waals surface area (Å²) < 4.78 is 26.3. The number of halogens is 2. The average molecular weight is 237 g/mol. The SMILES string of the molecule is CC.CC.CC(C)C1CCN(C)C(F)(F)C1. The Balaban J connectivity index is 0. The molecule has 1 fully saturated rings. The van der Waals surface area contributed by atoms with Crippen LogP contribution in [0.15, 0.2) is 0 Å². The van der Waals surface area contributed by atoms with Gasteiger partial charge >= 0.3 is 6.05 Å². The van der Waals surface area contributed by atoms with Crippen molar-refractivity contribution in [2.45, 2.75) is 60.4 Å². The molecule has 1 aliphatic heterocycles. The summed E-state index contributed by atoms with van der Waals surface area (Å²) in [5.74, 6) is 0.570. The normalized spacial score (nSPS) is 24.0. The number of nitrogens with zero attached hydrogens (tertiary/aromatic N) is 1. The van der Waals surface area contributed by atoms with Gasteiger partial charge in [0.25, 0.3) is 0 Å². The Morgan fingerprint density at radius 1 is 1.12 bits per heavy atom. The van der Waals surface area contributed by atoms with Gasteiger partial charge < -0.3 is 0 Å². The molecule has 1 atom stereocenters. The van der Waals surface area contributed by atoms with E-state index in [9.17, 15) is 8.78 Å². The Morgan fingerprint density at radius 2 is 1.56 bits per heavy atom. The Hall–Kier alpha value is -0.180. The number of rotatable bonds is 1. The van der Waals surface area contributed by atoms with Crippen molar-refractivity contribution in [1.29, 1.82) is 0 Å². The van der Waals surface area contributed by atoms with Crippen molar-refractivity contribution >= 4 is 0 Å². The van der Waals surface area contributed by atoms with Crippen LogP contribution < -0.4 is 0 Å². The molecule has 1 rings (SSSR count). The van der Waals surface area contributed by atoms with Crippen LogP contribution in [-0.2, 0) is 0 Å². The quantitative estimate of drug-likeness (QED) is 0.601. The zero-order valence-electron chi connectivity index (χ0n) is 12.0. The van der Waals surface area contributed by atoms with E-state index in [4.69, 9.17) is 0 Å². The lowest BCUT2D eigenvalue weighted by molar-refractivity contribution is -0.173. The highest BCUT2D eigenvalue weighted by Gasteiger charge is 2.41. The minimum Gasteiger partial charge on any atom is -0.248 e. The van der Waals surface area contributed by atoms with Crippen molar-refractivity contribution in [3.8, 4) is 0 Å². The Labute approximate surface area is 100 Å². The van der Waals surface area contributed by atoms with Crippen molar-refractivity contribution in [3.05, 3.63) is 0 Å². The predicted molar refractivity (Wildman–Crippen MR) is 67.8 cm³/mol. The van der Waals surface area contributed by atoms with Gasteiger partial charge in [-0.2, -0.15) is 8.78 Å². The van der Waals surface area contributed by atoms with Crippen LogP contribution in [-0.4, -0.2) is 24.5 Å². The van der Waals surface area contributed by atoms with Gasteiger partial charge in [0.2, 0.25) is 0 Å². The van der Waals surface area contributed by atoms with Crippen LogP contribution >= 0.6 is 0 Å². The molecule has 0 aromatic heterocycles. The molecular weight excluding hydrogens is 208 g/mol. The molecule has 0 saturated carbocycles. The molecule has 0 bridgehead atoms. The van der Waals surface area contributed by atoms with Crippen LogP contribution in [0.25, 0.3) is 0 Å². The predicted octanol–water partition coefficient (Wildman–Crippen LogP) is 4.63. The molecule has 1 heterocycles. The van der Waals surface area contributed by atoms with Gasteiger partial charge in [-0.3, -0.25) is 0 Å². The summed E-state index contributed by atoms with van der Waals surface area (Å²) in [4.78, 5) is 1.16. The first kappa shape index (κ1) is 18.2. The first-order valence-electron chi connectivity index (χ1n) is 6.52. The lowest BCUT2D eigenvalue weighted by Gasteiger charge is -2.38. The molecule has 3 heteroatoms. The molecule has 16 heavy (non-hydrogen) atoms. The fourth-order valence-corrected chi connectivity index (χ4v) is 1.67. The van der Waals surface area contributed by atoms with Crippen LogP contribution in [0.2, 0.25) is 0 Å². The van der Waals surface area contributed by atoms with Gasteiger partial charge in [0.15, 0.2) is 0 Å². The van der Waals surface area contributed by atoms with Gasteiger partial charge in [-0.25, -0.2) is 4.90 Å². The van der Waals surface area contributed by atoms with Gasteiger partial charge in [0, 0.05) is 13.0 Å². The molecule has 0 aliphatic carbocycles. The zero-order valence-corrected chi connectivity index (χ0v) is 12.0. The molecule has 0 radical (unpaired) electrons. The molecule has 0 aromatic rings. The molecule has 0 spiro atoms.